The van der Waals surface area contributed by atoms with Crippen molar-refractivity contribution in [2.24, 2.45) is 0 Å². The summed E-state index contributed by atoms with van der Waals surface area (Å²) >= 11 is 6.34. The van der Waals surface area contributed by atoms with Crippen molar-refractivity contribution in [3.05, 3.63) is 35.5 Å². The van der Waals surface area contributed by atoms with Gasteiger partial charge in [-0.2, -0.15) is 0 Å². The molecule has 0 fully saturated rings. The first-order valence-corrected chi connectivity index (χ1v) is 9.66. The lowest BCUT2D eigenvalue weighted by molar-refractivity contribution is -0.159. The number of anilines is 1. The second-order valence-electron chi connectivity index (χ2n) is 6.32. The average molecular weight is 410 g/mol. The topological polar surface area (TPSA) is 103 Å². The molecule has 0 saturated carbocycles. The van der Waals surface area contributed by atoms with Crippen molar-refractivity contribution >= 4 is 40.1 Å². The van der Waals surface area contributed by atoms with Gasteiger partial charge in [-0.3, -0.25) is 4.98 Å². The van der Waals surface area contributed by atoms with E-state index >= 15 is 0 Å². The third-order valence-corrected chi connectivity index (χ3v) is 4.62. The lowest BCUT2D eigenvalue weighted by Crippen LogP contribution is -2.25. The first kappa shape index (κ1) is 23.7. The van der Waals surface area contributed by atoms with Crippen molar-refractivity contribution in [1.82, 2.24) is 9.88 Å². The molecule has 2 aromatic rings. The number of halogens is 1. The Balaban J connectivity index is 0.000000568. The summed E-state index contributed by atoms with van der Waals surface area (Å²) in [7, 11) is 0. The maximum absolute atomic E-state index is 9.10. The van der Waals surface area contributed by atoms with Gasteiger partial charge in [-0.05, 0) is 57.6 Å². The van der Waals surface area contributed by atoms with Crippen molar-refractivity contribution < 1.29 is 19.8 Å². The molecule has 154 valence electrons. The van der Waals surface area contributed by atoms with Crippen LogP contribution in [-0.4, -0.2) is 57.7 Å². The zero-order valence-electron chi connectivity index (χ0n) is 16.5. The number of nitrogens with zero attached hydrogens (tertiary/aromatic N) is 2. The van der Waals surface area contributed by atoms with Crippen LogP contribution >= 0.6 is 11.6 Å². The lowest BCUT2D eigenvalue weighted by Gasteiger charge is -2.21. The fourth-order valence-electron chi connectivity index (χ4n) is 2.78. The van der Waals surface area contributed by atoms with Gasteiger partial charge in [-0.15, -0.1) is 0 Å². The third-order valence-electron chi connectivity index (χ3n) is 4.31. The molecule has 0 saturated heterocycles. The molecule has 1 aromatic carbocycles. The van der Waals surface area contributed by atoms with Crippen molar-refractivity contribution in [3.63, 3.8) is 0 Å². The number of nitrogens with one attached hydrogen (secondary N) is 1. The van der Waals surface area contributed by atoms with Gasteiger partial charge in [0, 0.05) is 23.3 Å². The van der Waals surface area contributed by atoms with Crippen molar-refractivity contribution in [2.75, 3.05) is 25.0 Å². The first-order valence-electron chi connectivity index (χ1n) is 9.28. The first-order chi connectivity index (χ1) is 13.3. The number of benzene rings is 1. The van der Waals surface area contributed by atoms with Crippen LogP contribution in [-0.2, 0) is 9.59 Å². The Morgan fingerprint density at radius 1 is 1.18 bits per heavy atom. The van der Waals surface area contributed by atoms with E-state index in [2.05, 4.69) is 36.0 Å². The molecule has 0 aliphatic carbocycles. The van der Waals surface area contributed by atoms with E-state index in [-0.39, 0.29) is 0 Å². The van der Waals surface area contributed by atoms with E-state index in [4.69, 9.17) is 31.4 Å². The number of carboxylic acid groups (broad SMARTS) is 2. The number of hydrogen-bond donors (Lipinski definition) is 3. The molecule has 28 heavy (non-hydrogen) atoms. The summed E-state index contributed by atoms with van der Waals surface area (Å²) in [4.78, 5) is 25.0. The molecule has 0 spiro atoms. The molecule has 1 heterocycles. The molecule has 1 atom stereocenters. The monoisotopic (exact) mass is 409 g/mol. The van der Waals surface area contributed by atoms with Crippen LogP contribution in [0.15, 0.2) is 30.5 Å². The van der Waals surface area contributed by atoms with Crippen LogP contribution in [0.1, 0.15) is 33.6 Å². The Kier molecular flexibility index (Phi) is 10.3. The van der Waals surface area contributed by atoms with E-state index in [9.17, 15) is 0 Å². The van der Waals surface area contributed by atoms with Crippen LogP contribution in [0.4, 0.5) is 5.69 Å². The van der Waals surface area contributed by atoms with Gasteiger partial charge in [-0.1, -0.05) is 31.5 Å². The van der Waals surface area contributed by atoms with Crippen LogP contribution in [0.3, 0.4) is 0 Å². The van der Waals surface area contributed by atoms with Crippen LogP contribution in [0.5, 0.6) is 0 Å². The van der Waals surface area contributed by atoms with Gasteiger partial charge in [0.1, 0.15) is 0 Å². The number of fused-ring (bicyclic) bond motifs is 1. The van der Waals surface area contributed by atoms with E-state index in [0.29, 0.717) is 6.04 Å². The standard InChI is InChI=1S/C18H26ClN3.C2H2O4/c1-4-22(5-2)13-7-8-14(3)21-17-11-12-20-16-10-6-9-15(19)18(16)17;3-1(4)2(5)6/h6,9-12,14H,4-5,7-8,13H2,1-3H3,(H,20,21);(H,3,4)(H,5,6). The summed E-state index contributed by atoms with van der Waals surface area (Å²) in [6, 6.07) is 8.28. The molecule has 0 radical (unpaired) electrons. The van der Waals surface area contributed by atoms with Crippen molar-refractivity contribution in [2.45, 2.75) is 39.7 Å². The molecular weight excluding hydrogens is 382 g/mol. The lowest BCUT2D eigenvalue weighted by atomic mass is 10.1. The summed E-state index contributed by atoms with van der Waals surface area (Å²) in [5, 5.41) is 20.1. The van der Waals surface area contributed by atoms with E-state index in [1.54, 1.807) is 0 Å². The van der Waals surface area contributed by atoms with Gasteiger partial charge in [0.15, 0.2) is 0 Å². The van der Waals surface area contributed by atoms with E-state index in [0.717, 1.165) is 47.7 Å². The minimum Gasteiger partial charge on any atom is -0.473 e. The van der Waals surface area contributed by atoms with Gasteiger partial charge in [-0.25, -0.2) is 9.59 Å². The summed E-state index contributed by atoms with van der Waals surface area (Å²) in [6.07, 6.45) is 4.18. The molecule has 1 aromatic heterocycles. The highest BCUT2D eigenvalue weighted by Gasteiger charge is 2.09. The largest absolute Gasteiger partial charge is 0.473 e. The van der Waals surface area contributed by atoms with E-state index in [1.165, 1.54) is 6.42 Å². The van der Waals surface area contributed by atoms with Gasteiger partial charge in [0.05, 0.1) is 10.5 Å². The highest BCUT2D eigenvalue weighted by molar-refractivity contribution is 6.36. The van der Waals surface area contributed by atoms with Crippen LogP contribution < -0.4 is 5.32 Å². The molecule has 2 rings (SSSR count). The zero-order chi connectivity index (χ0) is 21.1. The zero-order valence-corrected chi connectivity index (χ0v) is 17.2. The molecule has 1 unspecified atom stereocenters. The Morgan fingerprint density at radius 2 is 1.82 bits per heavy atom. The maximum Gasteiger partial charge on any atom is 0.414 e. The smallest absolute Gasteiger partial charge is 0.414 e. The van der Waals surface area contributed by atoms with Gasteiger partial charge in [0.25, 0.3) is 0 Å². The summed E-state index contributed by atoms with van der Waals surface area (Å²) < 4.78 is 0. The Hall–Kier alpha value is -2.38. The second kappa shape index (κ2) is 12.2. The Morgan fingerprint density at radius 3 is 2.39 bits per heavy atom. The quantitative estimate of drug-likeness (QED) is 0.567. The van der Waals surface area contributed by atoms with Gasteiger partial charge in [0.2, 0.25) is 0 Å². The molecule has 8 heteroatoms. The Labute approximate surface area is 170 Å². The van der Waals surface area contributed by atoms with Crippen LogP contribution in [0.2, 0.25) is 5.02 Å². The predicted octanol–water partition coefficient (Wildman–Crippen LogP) is 3.97. The number of pyridine rings is 1. The van der Waals surface area contributed by atoms with Crippen molar-refractivity contribution in [3.8, 4) is 0 Å². The summed E-state index contributed by atoms with van der Waals surface area (Å²) in [5.74, 6) is -3.65. The molecule has 3 N–H and O–H groups in total. The normalized spacial score (nSPS) is 11.6. The fraction of sp³-hybridized carbons (Fsp3) is 0.450. The number of rotatable bonds is 8. The molecule has 0 aliphatic heterocycles. The summed E-state index contributed by atoms with van der Waals surface area (Å²) in [6.45, 7) is 10.1. The minimum atomic E-state index is -1.82. The predicted molar refractivity (Wildman–Crippen MR) is 112 cm³/mol. The average Bonchev–Trinajstić information content (AvgIpc) is 2.66. The fourth-order valence-corrected chi connectivity index (χ4v) is 3.05. The Bertz CT molecular complexity index is 764. The van der Waals surface area contributed by atoms with E-state index < -0.39 is 11.9 Å². The minimum absolute atomic E-state index is 0.414. The molecule has 0 aliphatic rings. The number of carboxylic acids is 2. The summed E-state index contributed by atoms with van der Waals surface area (Å²) in [5.41, 5.74) is 2.01. The molecule has 0 bridgehead atoms. The number of carbonyl (C=O) groups is 2. The third kappa shape index (κ3) is 7.70. The van der Waals surface area contributed by atoms with Gasteiger partial charge < -0.3 is 20.4 Å². The number of hydrogen-bond acceptors (Lipinski definition) is 5. The SMILES string of the molecule is CCN(CC)CCCC(C)Nc1ccnc2cccc(Cl)c12.O=C(O)C(=O)O. The van der Waals surface area contributed by atoms with Crippen molar-refractivity contribution in [1.29, 1.82) is 0 Å². The molecule has 7 nitrogen and oxygen atoms in total. The van der Waals surface area contributed by atoms with Crippen LogP contribution in [0.25, 0.3) is 10.9 Å². The van der Waals surface area contributed by atoms with Gasteiger partial charge >= 0.3 is 11.9 Å². The molecular formula is C20H28ClN3O4. The number of aliphatic carboxylic acids is 2. The van der Waals surface area contributed by atoms with Crippen LogP contribution in [0, 0.1) is 0 Å². The second-order valence-corrected chi connectivity index (χ2v) is 6.72. The maximum atomic E-state index is 9.10. The highest BCUT2D eigenvalue weighted by Crippen LogP contribution is 2.29. The highest BCUT2D eigenvalue weighted by atomic mass is 35.5. The van der Waals surface area contributed by atoms with E-state index in [1.807, 2.05) is 30.5 Å². The number of aromatic nitrogens is 1. The molecule has 0 amide bonds.